The van der Waals surface area contributed by atoms with Gasteiger partial charge in [0.15, 0.2) is 0 Å². The fourth-order valence-corrected chi connectivity index (χ4v) is 3.44. The van der Waals surface area contributed by atoms with Gasteiger partial charge in [0.05, 0.1) is 5.41 Å². The van der Waals surface area contributed by atoms with Crippen molar-refractivity contribution < 1.29 is 4.79 Å². The average molecular weight is 266 g/mol. The molecule has 1 aromatic heterocycles. The van der Waals surface area contributed by atoms with Crippen LogP contribution in [0.25, 0.3) is 0 Å². The number of amides is 1. The van der Waals surface area contributed by atoms with Crippen LogP contribution in [0, 0.1) is 12.3 Å². The van der Waals surface area contributed by atoms with Gasteiger partial charge in [0.25, 0.3) is 0 Å². The fraction of sp³-hybridized carbons (Fsp3) is 0.643. The van der Waals surface area contributed by atoms with Gasteiger partial charge in [0.1, 0.15) is 0 Å². The van der Waals surface area contributed by atoms with Gasteiger partial charge in [0.2, 0.25) is 5.91 Å². The van der Waals surface area contributed by atoms with Gasteiger partial charge < -0.3 is 10.6 Å². The first-order valence-corrected chi connectivity index (χ1v) is 7.46. The van der Waals surface area contributed by atoms with Gasteiger partial charge in [-0.3, -0.25) is 4.79 Å². The molecule has 1 aromatic rings. The van der Waals surface area contributed by atoms with Crippen LogP contribution in [0.3, 0.4) is 0 Å². The summed E-state index contributed by atoms with van der Waals surface area (Å²) in [6.45, 7) is 3.41. The van der Waals surface area contributed by atoms with E-state index in [1.54, 1.807) is 11.3 Å². The van der Waals surface area contributed by atoms with E-state index in [4.69, 9.17) is 5.73 Å². The van der Waals surface area contributed by atoms with Crippen LogP contribution in [0.1, 0.15) is 29.7 Å². The predicted octanol–water partition coefficient (Wildman–Crippen LogP) is 2.19. The normalized spacial score (nSPS) is 17.3. The predicted molar refractivity (Wildman–Crippen MR) is 75.7 cm³/mol. The zero-order valence-electron chi connectivity index (χ0n) is 11.2. The molecule has 0 atom stereocenters. The van der Waals surface area contributed by atoms with Crippen LogP contribution in [-0.2, 0) is 11.2 Å². The van der Waals surface area contributed by atoms with Gasteiger partial charge in [-0.2, -0.15) is 0 Å². The second kappa shape index (κ2) is 5.41. The highest BCUT2D eigenvalue weighted by molar-refractivity contribution is 7.10. The van der Waals surface area contributed by atoms with Crippen molar-refractivity contribution in [3.05, 3.63) is 21.9 Å². The molecule has 0 saturated heterocycles. The molecule has 1 aliphatic carbocycles. The first kappa shape index (κ1) is 13.6. The highest BCUT2D eigenvalue weighted by atomic mass is 32.1. The Morgan fingerprint density at radius 1 is 1.56 bits per heavy atom. The van der Waals surface area contributed by atoms with Crippen molar-refractivity contribution in [1.82, 2.24) is 4.90 Å². The monoisotopic (exact) mass is 266 g/mol. The number of nitrogens with two attached hydrogens (primary N) is 1. The molecule has 3 nitrogen and oxygen atoms in total. The zero-order valence-corrected chi connectivity index (χ0v) is 12.1. The molecule has 18 heavy (non-hydrogen) atoms. The smallest absolute Gasteiger partial charge is 0.229 e. The van der Waals surface area contributed by atoms with Crippen molar-refractivity contribution in [1.29, 1.82) is 0 Å². The Bertz CT molecular complexity index is 418. The van der Waals surface area contributed by atoms with Crippen LogP contribution in [0.5, 0.6) is 0 Å². The molecular weight excluding hydrogens is 244 g/mol. The number of carbonyl (C=O) groups excluding carboxylic acids is 1. The number of thiophene rings is 1. The minimum absolute atomic E-state index is 0.237. The molecule has 1 heterocycles. The summed E-state index contributed by atoms with van der Waals surface area (Å²) in [6, 6.07) is 2.13. The molecule has 1 saturated carbocycles. The molecule has 1 fully saturated rings. The number of hydrogen-bond acceptors (Lipinski definition) is 3. The van der Waals surface area contributed by atoms with Gasteiger partial charge in [-0.05, 0) is 43.2 Å². The molecule has 0 aromatic carbocycles. The van der Waals surface area contributed by atoms with Crippen molar-refractivity contribution in [2.75, 3.05) is 20.1 Å². The molecule has 1 amide bonds. The number of rotatable bonds is 5. The van der Waals surface area contributed by atoms with E-state index in [-0.39, 0.29) is 11.3 Å². The van der Waals surface area contributed by atoms with Crippen LogP contribution in [0.15, 0.2) is 11.4 Å². The molecule has 2 rings (SSSR count). The Kier molecular flexibility index (Phi) is 4.07. The van der Waals surface area contributed by atoms with E-state index >= 15 is 0 Å². The van der Waals surface area contributed by atoms with E-state index in [2.05, 4.69) is 18.4 Å². The summed E-state index contributed by atoms with van der Waals surface area (Å²) in [6.07, 6.45) is 4.02. The quantitative estimate of drug-likeness (QED) is 0.888. The summed E-state index contributed by atoms with van der Waals surface area (Å²) in [7, 11) is 1.90. The van der Waals surface area contributed by atoms with Crippen LogP contribution >= 0.6 is 11.3 Å². The van der Waals surface area contributed by atoms with Crippen molar-refractivity contribution in [2.24, 2.45) is 11.1 Å². The second-order valence-corrected chi connectivity index (χ2v) is 6.34. The molecule has 1 aliphatic rings. The van der Waals surface area contributed by atoms with Crippen molar-refractivity contribution in [3.8, 4) is 0 Å². The van der Waals surface area contributed by atoms with Gasteiger partial charge in [0, 0.05) is 25.0 Å². The fourth-order valence-electron chi connectivity index (χ4n) is 2.54. The summed E-state index contributed by atoms with van der Waals surface area (Å²) in [4.78, 5) is 15.6. The lowest BCUT2D eigenvalue weighted by Gasteiger charge is -2.41. The summed E-state index contributed by atoms with van der Waals surface area (Å²) in [5.74, 6) is 0.241. The first-order chi connectivity index (χ1) is 8.59. The number of likely N-dealkylation sites (N-methyl/N-ethyl adjacent to an activating group) is 1. The molecule has 0 spiro atoms. The molecule has 4 heteroatoms. The average Bonchev–Trinajstić information content (AvgIpc) is 2.71. The molecule has 0 bridgehead atoms. The topological polar surface area (TPSA) is 46.3 Å². The maximum atomic E-state index is 12.4. The Hall–Kier alpha value is -0.870. The van der Waals surface area contributed by atoms with E-state index in [1.807, 2.05) is 11.9 Å². The van der Waals surface area contributed by atoms with E-state index in [0.717, 1.165) is 32.2 Å². The third-order valence-corrected chi connectivity index (χ3v) is 5.23. The van der Waals surface area contributed by atoms with E-state index in [1.165, 1.54) is 10.4 Å². The Labute approximate surface area is 113 Å². The summed E-state index contributed by atoms with van der Waals surface area (Å²) in [5.41, 5.74) is 6.87. The minimum atomic E-state index is -0.237. The molecular formula is C14H22N2OS. The van der Waals surface area contributed by atoms with Crippen LogP contribution in [-0.4, -0.2) is 30.9 Å². The number of carbonyl (C=O) groups is 1. The number of aryl methyl sites for hydroxylation is 1. The van der Waals surface area contributed by atoms with Gasteiger partial charge >= 0.3 is 0 Å². The molecule has 2 N–H and O–H groups in total. The highest BCUT2D eigenvalue weighted by Crippen LogP contribution is 2.41. The standard InChI is InChI=1S/C14H22N2OS/c1-11-5-9-18-12(11)4-8-16(2)13(17)14(10-15)6-3-7-14/h5,9H,3-4,6-8,10,15H2,1-2H3. The summed E-state index contributed by atoms with van der Waals surface area (Å²) in [5, 5.41) is 2.11. The Morgan fingerprint density at radius 3 is 2.72 bits per heavy atom. The lowest BCUT2D eigenvalue weighted by atomic mass is 9.68. The molecule has 0 radical (unpaired) electrons. The minimum Gasteiger partial charge on any atom is -0.345 e. The number of nitrogens with zero attached hydrogens (tertiary/aromatic N) is 1. The molecule has 100 valence electrons. The van der Waals surface area contributed by atoms with E-state index in [0.29, 0.717) is 6.54 Å². The van der Waals surface area contributed by atoms with E-state index < -0.39 is 0 Å². The Morgan fingerprint density at radius 2 is 2.28 bits per heavy atom. The third-order valence-electron chi connectivity index (χ3n) is 4.14. The zero-order chi connectivity index (χ0) is 13.2. The largest absolute Gasteiger partial charge is 0.345 e. The van der Waals surface area contributed by atoms with Gasteiger partial charge in [-0.25, -0.2) is 0 Å². The first-order valence-electron chi connectivity index (χ1n) is 6.58. The SMILES string of the molecule is Cc1ccsc1CCN(C)C(=O)C1(CN)CCC1. The van der Waals surface area contributed by atoms with Gasteiger partial charge in [-0.15, -0.1) is 11.3 Å². The van der Waals surface area contributed by atoms with Crippen LogP contribution in [0.4, 0.5) is 0 Å². The van der Waals surface area contributed by atoms with Gasteiger partial charge in [-0.1, -0.05) is 6.42 Å². The van der Waals surface area contributed by atoms with Crippen molar-refractivity contribution in [3.63, 3.8) is 0 Å². The van der Waals surface area contributed by atoms with E-state index in [9.17, 15) is 4.79 Å². The van der Waals surface area contributed by atoms with Crippen LogP contribution in [0.2, 0.25) is 0 Å². The van der Waals surface area contributed by atoms with Crippen LogP contribution < -0.4 is 5.73 Å². The summed E-state index contributed by atoms with van der Waals surface area (Å²) < 4.78 is 0. The highest BCUT2D eigenvalue weighted by Gasteiger charge is 2.44. The second-order valence-electron chi connectivity index (χ2n) is 5.34. The third kappa shape index (κ3) is 2.45. The number of hydrogen-bond donors (Lipinski definition) is 1. The summed E-state index contributed by atoms with van der Waals surface area (Å²) >= 11 is 1.77. The lowest BCUT2D eigenvalue weighted by Crippen LogP contribution is -2.51. The maximum Gasteiger partial charge on any atom is 0.229 e. The maximum absolute atomic E-state index is 12.4. The Balaban J connectivity index is 1.90. The van der Waals surface area contributed by atoms with Crippen molar-refractivity contribution in [2.45, 2.75) is 32.6 Å². The molecule has 0 unspecified atom stereocenters. The molecule has 0 aliphatic heterocycles. The van der Waals surface area contributed by atoms with Crippen molar-refractivity contribution >= 4 is 17.2 Å². The lowest BCUT2D eigenvalue weighted by molar-refractivity contribution is -0.145.